The second-order valence-corrected chi connectivity index (χ2v) is 6.39. The molecule has 1 heterocycles. The zero-order chi connectivity index (χ0) is 14.1. The summed E-state index contributed by atoms with van der Waals surface area (Å²) in [6.45, 7) is 0. The van der Waals surface area contributed by atoms with E-state index >= 15 is 0 Å². The fourth-order valence-corrected chi connectivity index (χ4v) is 3.78. The van der Waals surface area contributed by atoms with E-state index in [-0.39, 0.29) is 16.7 Å². The van der Waals surface area contributed by atoms with Crippen LogP contribution in [0.5, 0.6) is 0 Å². The standard InChI is InChI=1S/C14H11BrN2O2S/c15-11-6-5-9(7-13(11)17(18)19)16-12-8-20-14-4-2-1-3-10(12)14/h1-7,12,16H,8H2. The van der Waals surface area contributed by atoms with Crippen LogP contribution in [0.2, 0.25) is 0 Å². The van der Waals surface area contributed by atoms with Gasteiger partial charge in [-0.15, -0.1) is 11.8 Å². The van der Waals surface area contributed by atoms with Gasteiger partial charge in [-0.25, -0.2) is 0 Å². The summed E-state index contributed by atoms with van der Waals surface area (Å²) in [7, 11) is 0. The topological polar surface area (TPSA) is 55.2 Å². The number of thioether (sulfide) groups is 1. The normalized spacial score (nSPS) is 16.8. The maximum Gasteiger partial charge on any atom is 0.285 e. The summed E-state index contributed by atoms with van der Waals surface area (Å²) in [5.74, 6) is 0.934. The number of nitro benzene ring substituents is 1. The summed E-state index contributed by atoms with van der Waals surface area (Å²) in [6.07, 6.45) is 0. The van der Waals surface area contributed by atoms with E-state index in [1.165, 1.54) is 10.5 Å². The quantitative estimate of drug-likeness (QED) is 0.648. The molecule has 1 atom stereocenters. The highest BCUT2D eigenvalue weighted by molar-refractivity contribution is 9.10. The first-order chi connectivity index (χ1) is 9.65. The molecule has 0 aliphatic carbocycles. The molecule has 1 N–H and O–H groups in total. The second-order valence-electron chi connectivity index (χ2n) is 4.47. The Morgan fingerprint density at radius 3 is 2.90 bits per heavy atom. The van der Waals surface area contributed by atoms with Gasteiger partial charge in [0, 0.05) is 22.4 Å². The molecule has 1 aliphatic rings. The first-order valence-corrected chi connectivity index (χ1v) is 7.85. The van der Waals surface area contributed by atoms with Crippen LogP contribution in [0.1, 0.15) is 11.6 Å². The van der Waals surface area contributed by atoms with Gasteiger partial charge in [0.1, 0.15) is 0 Å². The molecule has 2 aromatic carbocycles. The Bertz CT molecular complexity index is 678. The van der Waals surface area contributed by atoms with Crippen LogP contribution in [-0.2, 0) is 0 Å². The van der Waals surface area contributed by atoms with Gasteiger partial charge in [0.2, 0.25) is 0 Å². The summed E-state index contributed by atoms with van der Waals surface area (Å²) in [5, 5.41) is 14.3. The lowest BCUT2D eigenvalue weighted by molar-refractivity contribution is -0.385. The number of benzene rings is 2. The third-order valence-corrected chi connectivity index (χ3v) is 5.04. The van der Waals surface area contributed by atoms with Crippen molar-refractivity contribution in [2.75, 3.05) is 11.1 Å². The molecule has 0 aromatic heterocycles. The highest BCUT2D eigenvalue weighted by Gasteiger charge is 2.23. The lowest BCUT2D eigenvalue weighted by Gasteiger charge is -2.14. The molecule has 6 heteroatoms. The monoisotopic (exact) mass is 350 g/mol. The molecule has 0 saturated carbocycles. The maximum absolute atomic E-state index is 11.0. The molecule has 1 aliphatic heterocycles. The molecule has 0 saturated heterocycles. The summed E-state index contributed by atoms with van der Waals surface area (Å²) in [6, 6.07) is 13.6. The van der Waals surface area contributed by atoms with Crippen molar-refractivity contribution in [3.63, 3.8) is 0 Å². The van der Waals surface area contributed by atoms with Crippen molar-refractivity contribution in [2.24, 2.45) is 0 Å². The number of nitrogens with one attached hydrogen (secondary N) is 1. The second kappa shape index (κ2) is 5.46. The lowest BCUT2D eigenvalue weighted by atomic mass is 10.1. The fourth-order valence-electron chi connectivity index (χ4n) is 2.23. The van der Waals surface area contributed by atoms with Crippen LogP contribution < -0.4 is 5.32 Å². The van der Waals surface area contributed by atoms with E-state index < -0.39 is 0 Å². The van der Waals surface area contributed by atoms with Crippen molar-refractivity contribution in [3.8, 4) is 0 Å². The number of anilines is 1. The van der Waals surface area contributed by atoms with Gasteiger partial charge in [0.25, 0.3) is 5.69 Å². The van der Waals surface area contributed by atoms with Crippen molar-refractivity contribution < 1.29 is 4.92 Å². The molecule has 3 rings (SSSR count). The van der Waals surface area contributed by atoms with Crippen LogP contribution >= 0.6 is 27.7 Å². The number of halogens is 1. The molecular formula is C14H11BrN2O2S. The van der Waals surface area contributed by atoms with Crippen molar-refractivity contribution in [3.05, 3.63) is 62.6 Å². The van der Waals surface area contributed by atoms with E-state index in [1.807, 2.05) is 18.2 Å². The van der Waals surface area contributed by atoms with E-state index in [4.69, 9.17) is 0 Å². The summed E-state index contributed by atoms with van der Waals surface area (Å²) < 4.78 is 0.495. The van der Waals surface area contributed by atoms with E-state index in [0.717, 1.165) is 11.4 Å². The minimum Gasteiger partial charge on any atom is -0.377 e. The summed E-state index contributed by atoms with van der Waals surface area (Å²) >= 11 is 5.00. The van der Waals surface area contributed by atoms with Crippen LogP contribution in [0.3, 0.4) is 0 Å². The number of hydrogen-bond acceptors (Lipinski definition) is 4. The summed E-state index contributed by atoms with van der Waals surface area (Å²) in [4.78, 5) is 11.8. The SMILES string of the molecule is O=[N+]([O-])c1cc(NC2CSc3ccccc32)ccc1Br. The minimum atomic E-state index is -0.382. The number of nitrogens with zero attached hydrogens (tertiary/aromatic N) is 1. The van der Waals surface area contributed by atoms with Gasteiger partial charge >= 0.3 is 0 Å². The van der Waals surface area contributed by atoms with Crippen LogP contribution in [0.15, 0.2) is 51.8 Å². The van der Waals surface area contributed by atoms with Crippen molar-refractivity contribution >= 4 is 39.1 Å². The van der Waals surface area contributed by atoms with Crippen LogP contribution in [0.4, 0.5) is 11.4 Å². The average molecular weight is 351 g/mol. The van der Waals surface area contributed by atoms with Crippen molar-refractivity contribution in [1.29, 1.82) is 0 Å². The molecule has 0 amide bonds. The van der Waals surface area contributed by atoms with E-state index in [2.05, 4.69) is 33.4 Å². The lowest BCUT2D eigenvalue weighted by Crippen LogP contribution is -2.09. The minimum absolute atomic E-state index is 0.0777. The van der Waals surface area contributed by atoms with Gasteiger partial charge < -0.3 is 5.32 Å². The average Bonchev–Trinajstić information content (AvgIpc) is 2.84. The van der Waals surface area contributed by atoms with E-state index in [9.17, 15) is 10.1 Å². The Labute approximate surface area is 128 Å². The molecule has 0 spiro atoms. The van der Waals surface area contributed by atoms with Crippen molar-refractivity contribution in [1.82, 2.24) is 0 Å². The van der Waals surface area contributed by atoms with Crippen LogP contribution in [-0.4, -0.2) is 10.7 Å². The number of hydrogen-bond donors (Lipinski definition) is 1. The van der Waals surface area contributed by atoms with Gasteiger partial charge in [-0.2, -0.15) is 0 Å². The first kappa shape index (κ1) is 13.5. The first-order valence-electron chi connectivity index (χ1n) is 6.07. The van der Waals surface area contributed by atoms with Gasteiger partial charge in [0.05, 0.1) is 15.4 Å². The van der Waals surface area contributed by atoms with Gasteiger partial charge in [-0.05, 0) is 39.7 Å². The highest BCUT2D eigenvalue weighted by Crippen LogP contribution is 2.40. The molecule has 0 fully saturated rings. The highest BCUT2D eigenvalue weighted by atomic mass is 79.9. The predicted molar refractivity (Wildman–Crippen MR) is 84.3 cm³/mol. The molecular weight excluding hydrogens is 340 g/mol. The molecule has 20 heavy (non-hydrogen) atoms. The Morgan fingerprint density at radius 1 is 1.30 bits per heavy atom. The van der Waals surface area contributed by atoms with Gasteiger partial charge in [-0.1, -0.05) is 18.2 Å². The van der Waals surface area contributed by atoms with Crippen molar-refractivity contribution in [2.45, 2.75) is 10.9 Å². The maximum atomic E-state index is 11.0. The Kier molecular flexibility index (Phi) is 3.67. The number of rotatable bonds is 3. The fraction of sp³-hybridized carbons (Fsp3) is 0.143. The Morgan fingerprint density at radius 2 is 2.10 bits per heavy atom. The third kappa shape index (κ3) is 2.53. The smallest absolute Gasteiger partial charge is 0.285 e. The molecule has 0 bridgehead atoms. The predicted octanol–water partition coefficient (Wildman–Crippen LogP) is 4.62. The zero-order valence-corrected chi connectivity index (χ0v) is 12.8. The molecule has 1 unspecified atom stereocenters. The molecule has 102 valence electrons. The van der Waals surface area contributed by atoms with Crippen LogP contribution in [0, 0.1) is 10.1 Å². The van der Waals surface area contributed by atoms with Gasteiger partial charge in [-0.3, -0.25) is 10.1 Å². The zero-order valence-electron chi connectivity index (χ0n) is 10.4. The molecule has 0 radical (unpaired) electrons. The molecule has 4 nitrogen and oxygen atoms in total. The Balaban J connectivity index is 1.86. The number of nitro groups is 1. The van der Waals surface area contributed by atoms with E-state index in [1.54, 1.807) is 23.9 Å². The molecule has 2 aromatic rings. The number of fused-ring (bicyclic) bond motifs is 1. The van der Waals surface area contributed by atoms with Crippen LogP contribution in [0.25, 0.3) is 0 Å². The van der Waals surface area contributed by atoms with Gasteiger partial charge in [0.15, 0.2) is 0 Å². The largest absolute Gasteiger partial charge is 0.377 e. The third-order valence-electron chi connectivity index (χ3n) is 3.18. The Hall–Kier alpha value is -1.53. The van der Waals surface area contributed by atoms with E-state index in [0.29, 0.717) is 4.47 Å². The summed E-state index contributed by atoms with van der Waals surface area (Å²) in [5.41, 5.74) is 2.10.